The summed E-state index contributed by atoms with van der Waals surface area (Å²) in [5.74, 6) is -0.870. The van der Waals surface area contributed by atoms with E-state index in [1.54, 1.807) is 37.3 Å². The molecule has 2 aromatic rings. The zero-order valence-electron chi connectivity index (χ0n) is 16.2. The van der Waals surface area contributed by atoms with Crippen molar-refractivity contribution >= 4 is 23.6 Å². The molecular formula is C21H24N2O5. The van der Waals surface area contributed by atoms with Crippen molar-refractivity contribution in [3.63, 3.8) is 0 Å². The Balaban J connectivity index is 1.80. The fourth-order valence-electron chi connectivity index (χ4n) is 2.46. The molecule has 0 saturated heterocycles. The molecule has 0 aromatic heterocycles. The fourth-order valence-corrected chi connectivity index (χ4v) is 2.46. The number of imide groups is 1. The van der Waals surface area contributed by atoms with E-state index < -0.39 is 30.6 Å². The summed E-state index contributed by atoms with van der Waals surface area (Å²) in [7, 11) is 0. The van der Waals surface area contributed by atoms with E-state index >= 15 is 0 Å². The molecule has 0 heterocycles. The van der Waals surface area contributed by atoms with Gasteiger partial charge in [-0.25, -0.2) is 9.59 Å². The van der Waals surface area contributed by atoms with Crippen molar-refractivity contribution in [3.05, 3.63) is 59.7 Å². The maximum Gasteiger partial charge on any atom is 0.347 e. The minimum Gasteiger partial charge on any atom is -0.479 e. The van der Waals surface area contributed by atoms with Crippen LogP contribution in [-0.4, -0.2) is 30.6 Å². The Morgan fingerprint density at radius 2 is 1.75 bits per heavy atom. The highest BCUT2D eigenvalue weighted by Crippen LogP contribution is 2.16. The molecule has 0 spiro atoms. The quantitative estimate of drug-likeness (QED) is 0.714. The number of hydrogen-bond acceptors (Lipinski definition) is 5. The summed E-state index contributed by atoms with van der Waals surface area (Å²) in [6.45, 7) is 4.99. The summed E-state index contributed by atoms with van der Waals surface area (Å²) in [6, 6.07) is 13.7. The van der Waals surface area contributed by atoms with E-state index in [9.17, 15) is 14.4 Å². The van der Waals surface area contributed by atoms with Crippen LogP contribution in [0.3, 0.4) is 0 Å². The molecule has 0 aliphatic carbocycles. The second kappa shape index (κ2) is 10.1. The van der Waals surface area contributed by atoms with Crippen molar-refractivity contribution < 1.29 is 23.9 Å². The highest BCUT2D eigenvalue weighted by atomic mass is 16.6. The number of aryl methyl sites for hydroxylation is 2. The lowest BCUT2D eigenvalue weighted by atomic mass is 10.1. The average molecular weight is 384 g/mol. The SMILES string of the molecule is CC[C@@H](Oc1ccccc1)C(=O)OCC(=O)NC(=O)Nc1ccc(C)cc1C. The Hall–Kier alpha value is -3.35. The number of carbonyl (C=O) groups is 3. The van der Waals surface area contributed by atoms with Gasteiger partial charge in [0.15, 0.2) is 12.7 Å². The van der Waals surface area contributed by atoms with Crippen LogP contribution in [0.15, 0.2) is 48.5 Å². The van der Waals surface area contributed by atoms with E-state index in [-0.39, 0.29) is 0 Å². The van der Waals surface area contributed by atoms with Crippen molar-refractivity contribution in [3.8, 4) is 5.75 Å². The van der Waals surface area contributed by atoms with Gasteiger partial charge >= 0.3 is 12.0 Å². The molecule has 3 amide bonds. The second-order valence-electron chi connectivity index (χ2n) is 6.26. The summed E-state index contributed by atoms with van der Waals surface area (Å²) in [6.07, 6.45) is -0.457. The molecule has 0 aliphatic heterocycles. The van der Waals surface area contributed by atoms with Crippen LogP contribution >= 0.6 is 0 Å². The monoisotopic (exact) mass is 384 g/mol. The van der Waals surface area contributed by atoms with E-state index in [0.717, 1.165) is 11.1 Å². The van der Waals surface area contributed by atoms with Crippen LogP contribution in [-0.2, 0) is 14.3 Å². The number of esters is 1. The number of carbonyl (C=O) groups excluding carboxylic acids is 3. The average Bonchev–Trinajstić information content (AvgIpc) is 2.67. The molecule has 2 N–H and O–H groups in total. The molecule has 7 nitrogen and oxygen atoms in total. The predicted octanol–water partition coefficient (Wildman–Crippen LogP) is 3.35. The number of ether oxygens (including phenoxy) is 2. The molecular weight excluding hydrogens is 360 g/mol. The maximum absolute atomic E-state index is 12.1. The van der Waals surface area contributed by atoms with Crippen LogP contribution in [0.25, 0.3) is 0 Å². The van der Waals surface area contributed by atoms with Gasteiger partial charge in [-0.15, -0.1) is 0 Å². The molecule has 1 atom stereocenters. The molecule has 0 radical (unpaired) electrons. The van der Waals surface area contributed by atoms with Gasteiger partial charge in [0.1, 0.15) is 5.75 Å². The van der Waals surface area contributed by atoms with Crippen LogP contribution in [0.5, 0.6) is 5.75 Å². The van der Waals surface area contributed by atoms with Crippen molar-refractivity contribution in [2.45, 2.75) is 33.3 Å². The van der Waals surface area contributed by atoms with E-state index in [0.29, 0.717) is 17.9 Å². The number of urea groups is 1. The lowest BCUT2D eigenvalue weighted by Crippen LogP contribution is -2.39. The van der Waals surface area contributed by atoms with Gasteiger partial charge in [-0.05, 0) is 44.0 Å². The Morgan fingerprint density at radius 1 is 1.04 bits per heavy atom. The molecule has 28 heavy (non-hydrogen) atoms. The van der Waals surface area contributed by atoms with Crippen LogP contribution in [0.1, 0.15) is 24.5 Å². The largest absolute Gasteiger partial charge is 0.479 e. The topological polar surface area (TPSA) is 93.7 Å². The number of amides is 3. The van der Waals surface area contributed by atoms with E-state index in [1.807, 2.05) is 32.0 Å². The third-order valence-corrected chi connectivity index (χ3v) is 3.88. The Morgan fingerprint density at radius 3 is 2.39 bits per heavy atom. The van der Waals surface area contributed by atoms with E-state index in [2.05, 4.69) is 10.6 Å². The Bertz CT molecular complexity index is 836. The highest BCUT2D eigenvalue weighted by molar-refractivity contribution is 6.02. The highest BCUT2D eigenvalue weighted by Gasteiger charge is 2.21. The Kier molecular flexibility index (Phi) is 7.56. The molecule has 0 bridgehead atoms. The first kappa shape index (κ1) is 21.0. The first-order chi connectivity index (χ1) is 13.4. The van der Waals surface area contributed by atoms with Gasteiger partial charge in [0.2, 0.25) is 0 Å². The number of rotatable bonds is 7. The normalized spacial score (nSPS) is 11.2. The lowest BCUT2D eigenvalue weighted by Gasteiger charge is -2.16. The molecule has 148 valence electrons. The molecule has 2 aromatic carbocycles. The fraction of sp³-hybridized carbons (Fsp3) is 0.286. The number of anilines is 1. The molecule has 2 rings (SSSR count). The first-order valence-corrected chi connectivity index (χ1v) is 8.95. The second-order valence-corrected chi connectivity index (χ2v) is 6.26. The molecule has 7 heteroatoms. The third kappa shape index (κ3) is 6.42. The smallest absolute Gasteiger partial charge is 0.347 e. The van der Waals surface area contributed by atoms with Gasteiger partial charge in [-0.2, -0.15) is 0 Å². The lowest BCUT2D eigenvalue weighted by molar-refractivity contribution is -0.155. The predicted molar refractivity (Wildman–Crippen MR) is 105 cm³/mol. The first-order valence-electron chi connectivity index (χ1n) is 8.95. The van der Waals surface area contributed by atoms with E-state index in [1.165, 1.54) is 0 Å². The van der Waals surface area contributed by atoms with Gasteiger partial charge in [0, 0.05) is 5.69 Å². The van der Waals surface area contributed by atoms with Crippen molar-refractivity contribution in [2.75, 3.05) is 11.9 Å². The molecule has 0 fully saturated rings. The number of hydrogen-bond donors (Lipinski definition) is 2. The minimum absolute atomic E-state index is 0.378. The zero-order valence-corrected chi connectivity index (χ0v) is 16.2. The molecule has 0 aliphatic rings. The van der Waals surface area contributed by atoms with Crippen LogP contribution < -0.4 is 15.4 Å². The summed E-state index contributed by atoms with van der Waals surface area (Å²) in [5, 5.41) is 4.71. The van der Waals surface area contributed by atoms with Gasteiger partial charge < -0.3 is 14.8 Å². The van der Waals surface area contributed by atoms with Crippen molar-refractivity contribution in [1.82, 2.24) is 5.32 Å². The molecule has 0 saturated carbocycles. The van der Waals surface area contributed by atoms with Crippen molar-refractivity contribution in [2.24, 2.45) is 0 Å². The minimum atomic E-state index is -0.834. The molecule has 0 unspecified atom stereocenters. The van der Waals surface area contributed by atoms with Gasteiger partial charge in [0.05, 0.1) is 0 Å². The van der Waals surface area contributed by atoms with Crippen LogP contribution in [0.4, 0.5) is 10.5 Å². The van der Waals surface area contributed by atoms with Gasteiger partial charge in [0.25, 0.3) is 5.91 Å². The summed E-state index contributed by atoms with van der Waals surface area (Å²) in [4.78, 5) is 35.9. The summed E-state index contributed by atoms with van der Waals surface area (Å²) < 4.78 is 10.5. The van der Waals surface area contributed by atoms with Crippen LogP contribution in [0, 0.1) is 13.8 Å². The Labute approximate surface area is 164 Å². The summed E-state index contributed by atoms with van der Waals surface area (Å²) in [5.41, 5.74) is 2.53. The maximum atomic E-state index is 12.1. The third-order valence-electron chi connectivity index (χ3n) is 3.88. The standard InChI is InChI=1S/C21H24N2O5/c1-4-18(28-16-8-6-5-7-9-16)20(25)27-13-19(24)23-21(26)22-17-11-10-14(2)12-15(17)3/h5-12,18H,4,13H2,1-3H3,(H2,22,23,24,26)/t18-/m1/s1. The van der Waals surface area contributed by atoms with Gasteiger partial charge in [-0.1, -0.05) is 42.8 Å². The summed E-state index contributed by atoms with van der Waals surface area (Å²) >= 11 is 0. The zero-order chi connectivity index (χ0) is 20.5. The number of benzene rings is 2. The number of para-hydroxylation sites is 1. The number of nitrogens with one attached hydrogen (secondary N) is 2. The van der Waals surface area contributed by atoms with Gasteiger partial charge in [-0.3, -0.25) is 10.1 Å². The van der Waals surface area contributed by atoms with E-state index in [4.69, 9.17) is 9.47 Å². The van der Waals surface area contributed by atoms with Crippen LogP contribution in [0.2, 0.25) is 0 Å². The van der Waals surface area contributed by atoms with Crippen molar-refractivity contribution in [1.29, 1.82) is 0 Å².